The highest BCUT2D eigenvalue weighted by atomic mass is 32.1. The number of hydrogen-bond acceptors (Lipinski definition) is 3. The number of nitrogens with zero attached hydrogens (tertiary/aromatic N) is 2. The summed E-state index contributed by atoms with van der Waals surface area (Å²) in [6, 6.07) is 0. The van der Waals surface area contributed by atoms with Gasteiger partial charge in [-0.1, -0.05) is 18.6 Å². The SMILES string of the molecule is NC(=S)c1c(N)nc2n1CCCCC2. The van der Waals surface area contributed by atoms with Crippen LogP contribution >= 0.6 is 12.2 Å². The lowest BCUT2D eigenvalue weighted by Crippen LogP contribution is -2.18. The van der Waals surface area contributed by atoms with Gasteiger partial charge in [0.15, 0.2) is 5.82 Å². The van der Waals surface area contributed by atoms with Crippen LogP contribution in [0.1, 0.15) is 30.8 Å². The molecule has 0 saturated carbocycles. The number of aromatic nitrogens is 2. The van der Waals surface area contributed by atoms with Crippen LogP contribution in [0.25, 0.3) is 0 Å². The molecule has 1 aliphatic heterocycles. The molecule has 4 nitrogen and oxygen atoms in total. The Morgan fingerprint density at radius 1 is 1.36 bits per heavy atom. The van der Waals surface area contributed by atoms with Crippen molar-refractivity contribution in [2.24, 2.45) is 5.73 Å². The van der Waals surface area contributed by atoms with Crippen molar-refractivity contribution in [3.63, 3.8) is 0 Å². The Morgan fingerprint density at radius 2 is 2.14 bits per heavy atom. The first-order valence-corrected chi connectivity index (χ1v) is 5.25. The zero-order valence-corrected chi connectivity index (χ0v) is 8.81. The molecule has 0 fully saturated rings. The molecule has 0 amide bonds. The Hall–Kier alpha value is -1.10. The van der Waals surface area contributed by atoms with Gasteiger partial charge in [0.2, 0.25) is 0 Å². The molecule has 0 atom stereocenters. The number of thiocarbonyl (C=S) groups is 1. The van der Waals surface area contributed by atoms with Gasteiger partial charge in [-0.25, -0.2) is 4.98 Å². The molecule has 2 rings (SSSR count). The number of nitrogens with two attached hydrogens (primary N) is 2. The van der Waals surface area contributed by atoms with Crippen molar-refractivity contribution in [2.45, 2.75) is 32.2 Å². The molecular formula is C9H14N4S. The summed E-state index contributed by atoms with van der Waals surface area (Å²) < 4.78 is 2.07. The summed E-state index contributed by atoms with van der Waals surface area (Å²) in [4.78, 5) is 4.66. The summed E-state index contributed by atoms with van der Waals surface area (Å²) in [6.45, 7) is 0.937. The third-order valence-electron chi connectivity index (χ3n) is 2.59. The molecular weight excluding hydrogens is 196 g/mol. The van der Waals surface area contributed by atoms with Gasteiger partial charge < -0.3 is 16.0 Å². The van der Waals surface area contributed by atoms with Gasteiger partial charge in [-0.05, 0) is 12.8 Å². The number of imidazole rings is 1. The first-order valence-electron chi connectivity index (χ1n) is 4.85. The highest BCUT2D eigenvalue weighted by Gasteiger charge is 2.18. The molecule has 0 unspecified atom stereocenters. The fraction of sp³-hybridized carbons (Fsp3) is 0.556. The van der Waals surface area contributed by atoms with Gasteiger partial charge in [0.1, 0.15) is 16.5 Å². The molecule has 4 N–H and O–H groups in total. The predicted molar refractivity (Wildman–Crippen MR) is 60.1 cm³/mol. The van der Waals surface area contributed by atoms with E-state index >= 15 is 0 Å². The minimum absolute atomic E-state index is 0.350. The van der Waals surface area contributed by atoms with Gasteiger partial charge in [0.25, 0.3) is 0 Å². The summed E-state index contributed by atoms with van der Waals surface area (Å²) in [7, 11) is 0. The molecule has 14 heavy (non-hydrogen) atoms. The van der Waals surface area contributed by atoms with Crippen LogP contribution in [0, 0.1) is 0 Å². The predicted octanol–water partition coefficient (Wildman–Crippen LogP) is 0.826. The lowest BCUT2D eigenvalue weighted by Gasteiger charge is -2.06. The maximum absolute atomic E-state index is 5.77. The molecule has 2 heterocycles. The summed E-state index contributed by atoms with van der Waals surface area (Å²) in [5.41, 5.74) is 12.1. The van der Waals surface area contributed by atoms with Crippen molar-refractivity contribution < 1.29 is 0 Å². The van der Waals surface area contributed by atoms with Crippen LogP contribution in [0.3, 0.4) is 0 Å². The molecule has 1 aliphatic rings. The fourth-order valence-corrected chi connectivity index (χ4v) is 2.16. The molecule has 0 saturated heterocycles. The van der Waals surface area contributed by atoms with E-state index in [9.17, 15) is 0 Å². The van der Waals surface area contributed by atoms with Crippen LogP contribution < -0.4 is 11.5 Å². The maximum atomic E-state index is 5.77. The van der Waals surface area contributed by atoms with Crippen molar-refractivity contribution in [3.05, 3.63) is 11.5 Å². The highest BCUT2D eigenvalue weighted by Crippen LogP contribution is 2.20. The third-order valence-corrected chi connectivity index (χ3v) is 2.78. The number of rotatable bonds is 1. The fourth-order valence-electron chi connectivity index (χ4n) is 1.94. The summed E-state index contributed by atoms with van der Waals surface area (Å²) >= 11 is 4.97. The van der Waals surface area contributed by atoms with E-state index in [0.717, 1.165) is 30.9 Å². The second-order valence-corrected chi connectivity index (χ2v) is 4.03. The Labute approximate surface area is 88.3 Å². The smallest absolute Gasteiger partial charge is 0.152 e. The topological polar surface area (TPSA) is 69.9 Å². The molecule has 1 aromatic rings. The number of anilines is 1. The monoisotopic (exact) mass is 210 g/mol. The van der Waals surface area contributed by atoms with Crippen molar-refractivity contribution >= 4 is 23.0 Å². The van der Waals surface area contributed by atoms with Crippen molar-refractivity contribution in [2.75, 3.05) is 5.73 Å². The maximum Gasteiger partial charge on any atom is 0.152 e. The Bertz CT molecular complexity index is 369. The Kier molecular flexibility index (Phi) is 2.41. The zero-order chi connectivity index (χ0) is 10.1. The van der Waals surface area contributed by atoms with Crippen LogP contribution in [0.4, 0.5) is 5.82 Å². The Morgan fingerprint density at radius 3 is 2.86 bits per heavy atom. The quantitative estimate of drug-likeness (QED) is 0.673. The van der Waals surface area contributed by atoms with Gasteiger partial charge in [-0.3, -0.25) is 0 Å². The van der Waals surface area contributed by atoms with Gasteiger partial charge in [0.05, 0.1) is 0 Å². The minimum atomic E-state index is 0.350. The lowest BCUT2D eigenvalue weighted by molar-refractivity contribution is 0.632. The van der Waals surface area contributed by atoms with Crippen molar-refractivity contribution in [3.8, 4) is 0 Å². The number of fused-ring (bicyclic) bond motifs is 1. The van der Waals surface area contributed by atoms with E-state index in [0.29, 0.717) is 10.8 Å². The number of nitrogen functional groups attached to an aromatic ring is 1. The van der Waals surface area contributed by atoms with Crippen LogP contribution in [0.2, 0.25) is 0 Å². The minimum Gasteiger partial charge on any atom is -0.388 e. The molecule has 0 aromatic carbocycles. The highest BCUT2D eigenvalue weighted by molar-refractivity contribution is 7.80. The van der Waals surface area contributed by atoms with E-state index in [2.05, 4.69) is 9.55 Å². The first kappa shape index (κ1) is 9.45. The van der Waals surface area contributed by atoms with E-state index in [4.69, 9.17) is 23.7 Å². The number of aryl methyl sites for hydroxylation is 1. The lowest BCUT2D eigenvalue weighted by atomic mass is 10.2. The van der Waals surface area contributed by atoms with Crippen molar-refractivity contribution in [1.82, 2.24) is 9.55 Å². The summed E-state index contributed by atoms with van der Waals surface area (Å²) in [5, 5.41) is 0. The normalized spacial score (nSPS) is 16.0. The van der Waals surface area contributed by atoms with Crippen LogP contribution in [0.15, 0.2) is 0 Å². The van der Waals surface area contributed by atoms with E-state index in [1.807, 2.05) is 0 Å². The summed E-state index contributed by atoms with van der Waals surface area (Å²) in [6.07, 6.45) is 4.54. The van der Waals surface area contributed by atoms with E-state index in [1.165, 1.54) is 12.8 Å². The number of hydrogen-bond donors (Lipinski definition) is 2. The summed E-state index contributed by atoms with van der Waals surface area (Å²) in [5.74, 6) is 1.51. The second kappa shape index (κ2) is 3.57. The molecule has 5 heteroatoms. The average molecular weight is 210 g/mol. The van der Waals surface area contributed by atoms with Crippen LogP contribution in [-0.4, -0.2) is 14.5 Å². The largest absolute Gasteiger partial charge is 0.388 e. The van der Waals surface area contributed by atoms with Gasteiger partial charge in [-0.15, -0.1) is 0 Å². The third kappa shape index (κ3) is 1.48. The van der Waals surface area contributed by atoms with Crippen LogP contribution in [0.5, 0.6) is 0 Å². The van der Waals surface area contributed by atoms with E-state index in [-0.39, 0.29) is 0 Å². The van der Waals surface area contributed by atoms with E-state index in [1.54, 1.807) is 0 Å². The average Bonchev–Trinajstić information content (AvgIpc) is 2.31. The van der Waals surface area contributed by atoms with Crippen molar-refractivity contribution in [1.29, 1.82) is 0 Å². The zero-order valence-electron chi connectivity index (χ0n) is 7.99. The molecule has 0 bridgehead atoms. The van der Waals surface area contributed by atoms with Gasteiger partial charge in [0, 0.05) is 13.0 Å². The second-order valence-electron chi connectivity index (χ2n) is 3.59. The van der Waals surface area contributed by atoms with Crippen LogP contribution in [-0.2, 0) is 13.0 Å². The van der Waals surface area contributed by atoms with E-state index < -0.39 is 0 Å². The Balaban J connectivity index is 2.49. The molecule has 0 spiro atoms. The molecule has 0 radical (unpaired) electrons. The molecule has 0 aliphatic carbocycles. The molecule has 76 valence electrons. The molecule has 1 aromatic heterocycles. The van der Waals surface area contributed by atoms with Gasteiger partial charge >= 0.3 is 0 Å². The standard InChI is InChI=1S/C9H14N4S/c10-8-7(9(11)14)13-5-3-1-2-4-6(13)12-8/h1-5,10H2,(H2,11,14). The van der Waals surface area contributed by atoms with Gasteiger partial charge in [-0.2, -0.15) is 0 Å². The first-order chi connectivity index (χ1) is 6.70.